The fourth-order valence-corrected chi connectivity index (χ4v) is 7.98. The Kier molecular flexibility index (Phi) is 52.8. The molecular weight excluding hydrogens is 829 g/mol. The van der Waals surface area contributed by atoms with E-state index in [0.717, 1.165) is 96.3 Å². The maximum Gasteiger partial charge on any atom is 0.306 e. The van der Waals surface area contributed by atoms with Crippen molar-refractivity contribution in [1.82, 2.24) is 0 Å². The molecule has 67 heavy (non-hydrogen) atoms. The average Bonchev–Trinajstić information content (AvgIpc) is 3.33. The van der Waals surface area contributed by atoms with Gasteiger partial charge in [0.2, 0.25) is 0 Å². The molecule has 0 heterocycles. The van der Waals surface area contributed by atoms with E-state index in [1.807, 2.05) is 0 Å². The minimum Gasteiger partial charge on any atom is -0.462 e. The number of hydrogen-bond donors (Lipinski definition) is 0. The lowest BCUT2D eigenvalue weighted by Crippen LogP contribution is -2.30. The summed E-state index contributed by atoms with van der Waals surface area (Å²) in [6.45, 7) is 6.49. The van der Waals surface area contributed by atoms with Crippen LogP contribution in [0.3, 0.4) is 0 Å². The number of carbonyl (C=O) groups is 3. The Bertz CT molecular complexity index is 1260. The molecule has 0 N–H and O–H groups in total. The van der Waals surface area contributed by atoms with Crippen molar-refractivity contribution in [1.29, 1.82) is 0 Å². The van der Waals surface area contributed by atoms with Gasteiger partial charge in [0.1, 0.15) is 13.2 Å². The summed E-state index contributed by atoms with van der Waals surface area (Å²) in [5.74, 6) is -0.873. The fraction of sp³-hybridized carbons (Fsp3) is 0.754. The van der Waals surface area contributed by atoms with E-state index in [1.54, 1.807) is 0 Å². The van der Waals surface area contributed by atoms with Gasteiger partial charge >= 0.3 is 17.9 Å². The van der Waals surface area contributed by atoms with Crippen LogP contribution in [0.4, 0.5) is 0 Å². The van der Waals surface area contributed by atoms with Crippen molar-refractivity contribution < 1.29 is 28.6 Å². The van der Waals surface area contributed by atoms with Crippen LogP contribution in [0.5, 0.6) is 0 Å². The predicted octanol–water partition coefficient (Wildman–Crippen LogP) is 19.0. The van der Waals surface area contributed by atoms with Gasteiger partial charge in [0.05, 0.1) is 0 Å². The van der Waals surface area contributed by atoms with E-state index in [0.29, 0.717) is 19.3 Å². The Morgan fingerprint density at radius 3 is 0.910 bits per heavy atom. The van der Waals surface area contributed by atoms with E-state index in [-0.39, 0.29) is 31.1 Å². The van der Waals surface area contributed by atoms with E-state index < -0.39 is 6.10 Å². The van der Waals surface area contributed by atoms with Gasteiger partial charge in [-0.05, 0) is 70.6 Å². The van der Waals surface area contributed by atoms with E-state index in [1.165, 1.54) is 141 Å². The zero-order valence-electron chi connectivity index (χ0n) is 44.2. The van der Waals surface area contributed by atoms with E-state index >= 15 is 0 Å². The molecule has 0 aliphatic heterocycles. The van der Waals surface area contributed by atoms with Crippen LogP contribution < -0.4 is 0 Å². The predicted molar refractivity (Wildman–Crippen MR) is 288 cm³/mol. The molecule has 0 aromatic carbocycles. The van der Waals surface area contributed by atoms with Gasteiger partial charge in [-0.25, -0.2) is 0 Å². The number of carbonyl (C=O) groups excluding carboxylic acids is 3. The second kappa shape index (κ2) is 55.4. The smallest absolute Gasteiger partial charge is 0.306 e. The summed E-state index contributed by atoms with van der Waals surface area (Å²) in [6.07, 6.45) is 70.6. The standard InChI is InChI=1S/C61H106O6/c1-4-7-10-13-16-19-20-21-22-23-24-25-26-27-28-29-30-31-32-33-34-35-36-37-38-39-40-43-45-48-51-54-60(63)66-57-58(67-61(64)55-52-49-46-42-18-15-12-9-6-3)56-65-59(62)53-50-47-44-41-17-14-11-8-5-2/h7,10,16,19,21-22,24-25,27-28,30-31,58H,4-6,8-9,11-15,17-18,20,23,26,29,32-57H2,1-3H3/b10-7-,19-16-,22-21-,25-24-,28-27-,31-30-. The third kappa shape index (κ3) is 53.7. The van der Waals surface area contributed by atoms with Gasteiger partial charge in [0.15, 0.2) is 6.10 Å². The normalized spacial score (nSPS) is 12.6. The molecule has 0 rings (SSSR count). The lowest BCUT2D eigenvalue weighted by Gasteiger charge is -2.18. The summed E-state index contributed by atoms with van der Waals surface area (Å²) in [7, 11) is 0. The lowest BCUT2D eigenvalue weighted by atomic mass is 10.0. The fourth-order valence-electron chi connectivity index (χ4n) is 7.98. The molecule has 386 valence electrons. The minimum atomic E-state index is -0.768. The summed E-state index contributed by atoms with van der Waals surface area (Å²) < 4.78 is 16.7. The van der Waals surface area contributed by atoms with Crippen molar-refractivity contribution in [3.8, 4) is 0 Å². The van der Waals surface area contributed by atoms with Crippen LogP contribution in [-0.4, -0.2) is 37.2 Å². The Labute approximate surface area is 414 Å². The summed E-state index contributed by atoms with van der Waals surface area (Å²) in [5.41, 5.74) is 0. The summed E-state index contributed by atoms with van der Waals surface area (Å²) >= 11 is 0. The van der Waals surface area contributed by atoms with Gasteiger partial charge in [0.25, 0.3) is 0 Å². The first-order valence-electron chi connectivity index (χ1n) is 28.4. The molecule has 6 nitrogen and oxygen atoms in total. The number of ether oxygens (including phenoxy) is 3. The number of esters is 3. The average molecular weight is 936 g/mol. The highest BCUT2D eigenvalue weighted by Crippen LogP contribution is 2.16. The van der Waals surface area contributed by atoms with Crippen LogP contribution in [-0.2, 0) is 28.6 Å². The van der Waals surface area contributed by atoms with Gasteiger partial charge in [-0.2, -0.15) is 0 Å². The largest absolute Gasteiger partial charge is 0.462 e. The first kappa shape index (κ1) is 63.8. The number of hydrogen-bond acceptors (Lipinski definition) is 6. The quantitative estimate of drug-likeness (QED) is 0.0262. The van der Waals surface area contributed by atoms with Crippen molar-refractivity contribution in [3.63, 3.8) is 0 Å². The van der Waals surface area contributed by atoms with Crippen LogP contribution in [0.15, 0.2) is 72.9 Å². The van der Waals surface area contributed by atoms with Crippen LogP contribution in [0.2, 0.25) is 0 Å². The Hall–Kier alpha value is -3.15. The van der Waals surface area contributed by atoms with Crippen molar-refractivity contribution in [2.75, 3.05) is 13.2 Å². The van der Waals surface area contributed by atoms with E-state index in [9.17, 15) is 14.4 Å². The van der Waals surface area contributed by atoms with Gasteiger partial charge in [-0.1, -0.05) is 261 Å². The molecule has 0 saturated heterocycles. The van der Waals surface area contributed by atoms with E-state index in [4.69, 9.17) is 14.2 Å². The Balaban J connectivity index is 4.04. The summed E-state index contributed by atoms with van der Waals surface area (Å²) in [6, 6.07) is 0. The highest BCUT2D eigenvalue weighted by molar-refractivity contribution is 5.71. The maximum atomic E-state index is 12.7. The molecule has 0 bridgehead atoms. The molecule has 0 amide bonds. The van der Waals surface area contributed by atoms with Crippen LogP contribution in [0.1, 0.15) is 278 Å². The number of unbranched alkanes of at least 4 members (excludes halogenated alkanes) is 28. The third-order valence-electron chi connectivity index (χ3n) is 12.2. The molecule has 0 aromatic heterocycles. The molecule has 0 aliphatic rings. The molecule has 6 heteroatoms. The molecule has 0 saturated carbocycles. The topological polar surface area (TPSA) is 78.9 Å². The molecule has 0 radical (unpaired) electrons. The minimum absolute atomic E-state index is 0.0713. The number of allylic oxidation sites excluding steroid dienone is 12. The Morgan fingerprint density at radius 2 is 0.582 bits per heavy atom. The van der Waals surface area contributed by atoms with Crippen LogP contribution in [0.25, 0.3) is 0 Å². The SMILES string of the molecule is CC/C=C\C/C=C\C/C=C\C/C=C\C/C=C\C/C=C\CCCCCCCCCCCCCCC(=O)OCC(COC(=O)CCCCCCCCCCC)OC(=O)CCCCCCCCCCC. The monoisotopic (exact) mass is 935 g/mol. The molecule has 1 unspecified atom stereocenters. The highest BCUT2D eigenvalue weighted by Gasteiger charge is 2.19. The van der Waals surface area contributed by atoms with E-state index in [2.05, 4.69) is 93.7 Å². The molecular formula is C61H106O6. The van der Waals surface area contributed by atoms with Crippen molar-refractivity contribution >= 4 is 17.9 Å². The molecule has 0 aromatic rings. The maximum absolute atomic E-state index is 12.7. The molecule has 0 aliphatic carbocycles. The van der Waals surface area contributed by atoms with Gasteiger partial charge in [0, 0.05) is 19.3 Å². The van der Waals surface area contributed by atoms with Crippen LogP contribution >= 0.6 is 0 Å². The zero-order valence-corrected chi connectivity index (χ0v) is 44.2. The first-order chi connectivity index (χ1) is 33.0. The summed E-state index contributed by atoms with van der Waals surface area (Å²) in [5, 5.41) is 0. The second-order valence-corrected chi connectivity index (χ2v) is 18.8. The van der Waals surface area contributed by atoms with Crippen LogP contribution in [0, 0.1) is 0 Å². The van der Waals surface area contributed by atoms with Gasteiger partial charge < -0.3 is 14.2 Å². The number of rotatable bonds is 51. The summed E-state index contributed by atoms with van der Waals surface area (Å²) in [4.78, 5) is 37.8. The first-order valence-corrected chi connectivity index (χ1v) is 28.4. The van der Waals surface area contributed by atoms with Gasteiger partial charge in [-0.15, -0.1) is 0 Å². The Morgan fingerprint density at radius 1 is 0.313 bits per heavy atom. The molecule has 1 atom stereocenters. The third-order valence-corrected chi connectivity index (χ3v) is 12.2. The molecule has 0 fully saturated rings. The second-order valence-electron chi connectivity index (χ2n) is 18.8. The van der Waals surface area contributed by atoms with Crippen molar-refractivity contribution in [2.24, 2.45) is 0 Å². The van der Waals surface area contributed by atoms with Crippen molar-refractivity contribution in [3.05, 3.63) is 72.9 Å². The molecule has 0 spiro atoms. The highest BCUT2D eigenvalue weighted by atomic mass is 16.6. The zero-order chi connectivity index (χ0) is 48.6. The lowest BCUT2D eigenvalue weighted by molar-refractivity contribution is -0.167. The van der Waals surface area contributed by atoms with Gasteiger partial charge in [-0.3, -0.25) is 14.4 Å². The van der Waals surface area contributed by atoms with Crippen molar-refractivity contribution in [2.45, 2.75) is 284 Å².